The minimum atomic E-state index is -0.510. The fourth-order valence-electron chi connectivity index (χ4n) is 3.31. The summed E-state index contributed by atoms with van der Waals surface area (Å²) in [5, 5.41) is 26.8. The summed E-state index contributed by atoms with van der Waals surface area (Å²) < 4.78 is 0. The molecule has 0 aromatic heterocycles. The van der Waals surface area contributed by atoms with Crippen molar-refractivity contribution in [3.63, 3.8) is 0 Å². The van der Waals surface area contributed by atoms with Gasteiger partial charge >= 0.3 is 0 Å². The zero-order valence-electron chi connectivity index (χ0n) is 15.5. The fraction of sp³-hybridized carbons (Fsp3) is 0.300. The van der Waals surface area contributed by atoms with E-state index in [0.717, 1.165) is 6.42 Å². The first-order valence-electron chi connectivity index (χ1n) is 9.17. The highest BCUT2D eigenvalue weighted by molar-refractivity contribution is 7.31. The highest BCUT2D eigenvalue weighted by atomic mass is 31.1. The van der Waals surface area contributed by atoms with Crippen LogP contribution in [0.25, 0.3) is 0 Å². The molecule has 0 heterocycles. The van der Waals surface area contributed by atoms with Crippen LogP contribution in [0, 0.1) is 0 Å². The van der Waals surface area contributed by atoms with E-state index >= 15 is 0 Å². The van der Waals surface area contributed by atoms with Crippen LogP contribution in [0.5, 0.6) is 11.5 Å². The Morgan fingerprint density at radius 2 is 1.32 bits per heavy atom. The van der Waals surface area contributed by atoms with E-state index in [4.69, 9.17) is 4.89 Å². The number of carbonyl (C=O) groups excluding carboxylic acids is 2. The van der Waals surface area contributed by atoms with Gasteiger partial charge in [-0.15, -0.1) is 0 Å². The Hall–Kier alpha value is -2.63. The number of phenols is 2. The Balaban J connectivity index is 2.10. The molecule has 148 valence electrons. The lowest BCUT2D eigenvalue weighted by molar-refractivity contribution is 0.0975. The van der Waals surface area contributed by atoms with Gasteiger partial charge in [-0.3, -0.25) is 9.59 Å². The Morgan fingerprint density at radius 1 is 0.821 bits per heavy atom. The summed E-state index contributed by atoms with van der Waals surface area (Å²) in [7, 11) is -0.148. The molecule has 0 saturated heterocycles. The van der Waals surface area contributed by atoms with Gasteiger partial charge in [0, 0.05) is 33.3 Å². The molecule has 0 amide bonds. The van der Waals surface area contributed by atoms with Crippen LogP contribution < -0.4 is 10.6 Å². The summed E-state index contributed by atoms with van der Waals surface area (Å²) in [5.74, 6) is -1.55. The smallest absolute Gasteiger partial charge is 0.200 e. The van der Waals surface area contributed by atoms with Gasteiger partial charge in [0.15, 0.2) is 0 Å². The maximum Gasteiger partial charge on any atom is 0.200 e. The maximum atomic E-state index is 13.2. The van der Waals surface area contributed by atoms with Crippen molar-refractivity contribution < 1.29 is 24.7 Å². The minimum Gasteiger partial charge on any atom is -0.507 e. The predicted octanol–water partition coefficient (Wildman–Crippen LogP) is 3.08. The molecule has 0 saturated carbocycles. The average Bonchev–Trinajstić information content (AvgIpc) is 2.69. The first kappa shape index (κ1) is 20.1. The third kappa shape index (κ3) is 3.55. The van der Waals surface area contributed by atoms with Crippen molar-refractivity contribution in [1.82, 2.24) is 0 Å². The lowest BCUT2D eigenvalue weighted by Crippen LogP contribution is -2.24. The largest absolute Gasteiger partial charge is 0.507 e. The number of anilines is 2. The van der Waals surface area contributed by atoms with E-state index in [9.17, 15) is 19.8 Å². The number of rotatable bonds is 8. The first-order valence-corrected chi connectivity index (χ1v) is 10.3. The molecule has 0 bridgehead atoms. The maximum absolute atomic E-state index is 13.2. The highest BCUT2D eigenvalue weighted by Gasteiger charge is 2.37. The molecule has 0 spiro atoms. The minimum absolute atomic E-state index is 0.0518. The number of hydrogen-bond donors (Lipinski definition) is 5. The summed E-state index contributed by atoms with van der Waals surface area (Å²) in [4.78, 5) is 35.4. The van der Waals surface area contributed by atoms with E-state index in [1.54, 1.807) is 12.1 Å². The Bertz CT molecular complexity index is 929. The second-order valence-electron chi connectivity index (χ2n) is 6.54. The van der Waals surface area contributed by atoms with Crippen LogP contribution in [-0.4, -0.2) is 45.9 Å². The molecule has 3 rings (SSSR count). The summed E-state index contributed by atoms with van der Waals surface area (Å²) in [5.41, 5.74) is 0.914. The Labute approximate surface area is 164 Å². The van der Waals surface area contributed by atoms with Gasteiger partial charge in [-0.1, -0.05) is 6.92 Å². The summed E-state index contributed by atoms with van der Waals surface area (Å²) in [6.07, 6.45) is 2.15. The number of benzene rings is 2. The topological polar surface area (TPSA) is 119 Å². The Kier molecular flexibility index (Phi) is 6.17. The van der Waals surface area contributed by atoms with Crippen molar-refractivity contribution in [1.29, 1.82) is 0 Å². The van der Waals surface area contributed by atoms with Gasteiger partial charge < -0.3 is 25.7 Å². The summed E-state index contributed by atoms with van der Waals surface area (Å²) >= 11 is 0. The molecule has 1 aliphatic rings. The second-order valence-corrected chi connectivity index (χ2v) is 7.35. The predicted molar refractivity (Wildman–Crippen MR) is 110 cm³/mol. The zero-order chi connectivity index (χ0) is 20.3. The van der Waals surface area contributed by atoms with Gasteiger partial charge in [0.1, 0.15) is 11.5 Å². The molecule has 0 aliphatic heterocycles. The molecule has 7 nitrogen and oxygen atoms in total. The molecule has 1 atom stereocenters. The van der Waals surface area contributed by atoms with Crippen molar-refractivity contribution >= 4 is 31.7 Å². The molecule has 1 unspecified atom stereocenters. The van der Waals surface area contributed by atoms with Gasteiger partial charge in [-0.25, -0.2) is 0 Å². The van der Waals surface area contributed by atoms with Crippen LogP contribution in [0.3, 0.4) is 0 Å². The lowest BCUT2D eigenvalue weighted by atomic mass is 9.81. The molecule has 2 aromatic rings. The van der Waals surface area contributed by atoms with E-state index in [1.807, 2.05) is 6.92 Å². The molecule has 0 fully saturated rings. The molecule has 1 aliphatic carbocycles. The number of fused-ring (bicyclic) bond motifs is 2. The third-order valence-corrected chi connectivity index (χ3v) is 5.20. The van der Waals surface area contributed by atoms with Crippen molar-refractivity contribution in [2.24, 2.45) is 0 Å². The van der Waals surface area contributed by atoms with E-state index in [0.29, 0.717) is 37.0 Å². The first-order chi connectivity index (χ1) is 13.5. The van der Waals surface area contributed by atoms with Crippen LogP contribution in [0.15, 0.2) is 24.3 Å². The average molecular weight is 402 g/mol. The monoisotopic (exact) mass is 402 g/mol. The zero-order valence-corrected chi connectivity index (χ0v) is 16.5. The number of hydrogen-bond acceptors (Lipinski definition) is 7. The van der Waals surface area contributed by atoms with Crippen LogP contribution in [-0.2, 0) is 0 Å². The summed E-state index contributed by atoms with van der Waals surface area (Å²) in [6, 6.07) is 5.88. The number of nitrogens with one attached hydrogen (secondary N) is 2. The van der Waals surface area contributed by atoms with E-state index in [1.165, 1.54) is 12.1 Å². The van der Waals surface area contributed by atoms with Crippen LogP contribution in [0.4, 0.5) is 11.4 Å². The molecule has 0 radical (unpaired) electrons. The van der Waals surface area contributed by atoms with Gasteiger partial charge in [0.2, 0.25) is 11.6 Å². The number of phenolic OH excluding ortho intramolecular Hbond substituents is 2. The van der Waals surface area contributed by atoms with Gasteiger partial charge in [0.05, 0.1) is 22.3 Å². The summed E-state index contributed by atoms with van der Waals surface area (Å²) in [6.45, 7) is 3.08. The van der Waals surface area contributed by atoms with Crippen molar-refractivity contribution in [3.8, 4) is 11.5 Å². The fourth-order valence-corrected chi connectivity index (χ4v) is 3.64. The second kappa shape index (κ2) is 8.59. The molecule has 28 heavy (non-hydrogen) atoms. The van der Waals surface area contributed by atoms with E-state index in [-0.39, 0.29) is 42.6 Å². The van der Waals surface area contributed by atoms with Crippen LogP contribution >= 0.6 is 8.81 Å². The van der Waals surface area contributed by atoms with Crippen LogP contribution in [0.2, 0.25) is 0 Å². The van der Waals surface area contributed by atoms with Crippen molar-refractivity contribution in [2.75, 3.05) is 29.9 Å². The van der Waals surface area contributed by atoms with Gasteiger partial charge in [0.25, 0.3) is 0 Å². The normalized spacial score (nSPS) is 12.9. The molecule has 8 heteroatoms. The molecule has 5 N–H and O–H groups in total. The Morgan fingerprint density at radius 3 is 1.79 bits per heavy atom. The van der Waals surface area contributed by atoms with Gasteiger partial charge in [-0.2, -0.15) is 0 Å². The lowest BCUT2D eigenvalue weighted by Gasteiger charge is -2.24. The molecular weight excluding hydrogens is 379 g/mol. The third-order valence-electron chi connectivity index (χ3n) is 4.62. The number of aromatic hydroxyl groups is 2. The van der Waals surface area contributed by atoms with Crippen molar-refractivity contribution in [3.05, 3.63) is 46.5 Å². The highest BCUT2D eigenvalue weighted by Crippen LogP contribution is 2.42. The van der Waals surface area contributed by atoms with Gasteiger partial charge in [-0.05, 0) is 43.3 Å². The van der Waals surface area contributed by atoms with E-state index < -0.39 is 11.6 Å². The van der Waals surface area contributed by atoms with Crippen molar-refractivity contribution in [2.45, 2.75) is 19.8 Å². The number of carbonyl (C=O) groups is 2. The van der Waals surface area contributed by atoms with E-state index in [2.05, 4.69) is 10.6 Å². The molecule has 2 aromatic carbocycles. The molecular formula is C20H23N2O5P. The quantitative estimate of drug-likeness (QED) is 0.223. The SMILES string of the molecule is CCCNc1ccc(O)c2c1C(=O)c1c(O)ccc(NCCCPO)c1C2=O. The number of ketones is 2. The van der Waals surface area contributed by atoms with Crippen LogP contribution in [0.1, 0.15) is 51.6 Å². The standard InChI is InChI=1S/C20H23N2O5P/c1-2-8-21-11-4-6-13(23)17-15(11)19(25)18-14(24)7-5-12(16(18)20(17)26)22-9-3-10-28-27/h4-7,21-24,27-28H,2-3,8-10H2,1H3.